The van der Waals surface area contributed by atoms with Crippen molar-refractivity contribution in [1.29, 1.82) is 0 Å². The summed E-state index contributed by atoms with van der Waals surface area (Å²) in [5, 5.41) is 8.43. The largest absolute Gasteiger partial charge is 0.394 e. The van der Waals surface area contributed by atoms with Gasteiger partial charge in [0.25, 0.3) is 0 Å². The van der Waals surface area contributed by atoms with Crippen LogP contribution in [0.4, 0.5) is 0 Å². The lowest BCUT2D eigenvalue weighted by Gasteiger charge is -2.07. The number of hydrogen-bond acceptors (Lipinski definition) is 6. The predicted octanol–water partition coefficient (Wildman–Crippen LogP) is -0.857. The minimum absolute atomic E-state index is 0.0574. The van der Waals surface area contributed by atoms with Gasteiger partial charge in [0.05, 0.1) is 46.2 Å². The summed E-state index contributed by atoms with van der Waals surface area (Å²) in [6.45, 7) is 7.03. The molecule has 16 heavy (non-hydrogen) atoms. The molecule has 0 heterocycles. The molecule has 3 N–H and O–H groups in total. The molecule has 0 saturated heterocycles. The van der Waals surface area contributed by atoms with Crippen molar-refractivity contribution in [2.24, 2.45) is 0 Å². The van der Waals surface area contributed by atoms with E-state index < -0.39 is 0 Å². The first-order valence-electron chi connectivity index (χ1n) is 5.71. The van der Waals surface area contributed by atoms with Gasteiger partial charge in [0.2, 0.25) is 0 Å². The molecule has 6 nitrogen and oxygen atoms in total. The minimum atomic E-state index is 0.0574. The zero-order valence-corrected chi connectivity index (χ0v) is 10.0. The number of nitrogens with one attached hydrogen (secondary N) is 2. The summed E-state index contributed by atoms with van der Waals surface area (Å²) in [5.74, 6) is 0. The van der Waals surface area contributed by atoms with Gasteiger partial charge in [0, 0.05) is 13.1 Å². The maximum Gasteiger partial charge on any atom is 0.0701 e. The van der Waals surface area contributed by atoms with Crippen molar-refractivity contribution in [3.63, 3.8) is 0 Å². The molecule has 0 fully saturated rings. The van der Waals surface area contributed by atoms with Gasteiger partial charge < -0.3 is 19.3 Å². The second kappa shape index (κ2) is 14.8. The van der Waals surface area contributed by atoms with Gasteiger partial charge in [0.15, 0.2) is 0 Å². The molecule has 6 heteroatoms. The molecule has 0 bridgehead atoms. The summed E-state index contributed by atoms with van der Waals surface area (Å²) in [4.78, 5) is 0. The van der Waals surface area contributed by atoms with Crippen LogP contribution < -0.4 is 10.9 Å². The van der Waals surface area contributed by atoms with E-state index in [0.29, 0.717) is 39.6 Å². The predicted molar refractivity (Wildman–Crippen MR) is 61.2 cm³/mol. The van der Waals surface area contributed by atoms with Crippen molar-refractivity contribution in [3.05, 3.63) is 0 Å². The second-order valence-electron chi connectivity index (χ2n) is 3.02. The van der Waals surface area contributed by atoms with Gasteiger partial charge in [-0.2, -0.15) is 0 Å². The number of aliphatic hydroxyl groups is 1. The third-order valence-corrected chi connectivity index (χ3v) is 1.65. The van der Waals surface area contributed by atoms with E-state index >= 15 is 0 Å². The summed E-state index contributed by atoms with van der Waals surface area (Å²) in [7, 11) is 0. The summed E-state index contributed by atoms with van der Waals surface area (Å²) in [6, 6.07) is 0. The zero-order valence-electron chi connectivity index (χ0n) is 10.0. The Kier molecular flexibility index (Phi) is 14.5. The first-order chi connectivity index (χ1) is 7.91. The monoisotopic (exact) mass is 236 g/mol. The molecule has 0 amide bonds. The highest BCUT2D eigenvalue weighted by atomic mass is 16.5. The quantitative estimate of drug-likeness (QED) is 0.286. The standard InChI is InChI=1S/C10H24N2O4/c1-2-11-12-3-5-14-7-9-16-10-8-15-6-4-13/h11-13H,2-10H2,1H3. The normalized spacial score (nSPS) is 10.9. The van der Waals surface area contributed by atoms with Crippen LogP contribution in [-0.4, -0.2) is 64.4 Å². The van der Waals surface area contributed by atoms with E-state index in [0.717, 1.165) is 13.1 Å². The van der Waals surface area contributed by atoms with E-state index in [1.807, 2.05) is 6.92 Å². The first-order valence-corrected chi connectivity index (χ1v) is 5.71. The molecule has 0 aliphatic heterocycles. The molecular weight excluding hydrogens is 212 g/mol. The van der Waals surface area contributed by atoms with Crippen molar-refractivity contribution >= 4 is 0 Å². The van der Waals surface area contributed by atoms with Gasteiger partial charge in [0.1, 0.15) is 0 Å². The molecule has 0 unspecified atom stereocenters. The lowest BCUT2D eigenvalue weighted by molar-refractivity contribution is 0.00796. The summed E-state index contributed by atoms with van der Waals surface area (Å²) < 4.78 is 15.6. The van der Waals surface area contributed by atoms with Gasteiger partial charge in [-0.25, -0.2) is 0 Å². The molecule has 0 aromatic carbocycles. The summed E-state index contributed by atoms with van der Waals surface area (Å²) >= 11 is 0. The van der Waals surface area contributed by atoms with Crippen LogP contribution in [0.1, 0.15) is 6.92 Å². The van der Waals surface area contributed by atoms with Crippen molar-refractivity contribution in [2.45, 2.75) is 6.92 Å². The number of hydrogen-bond donors (Lipinski definition) is 3. The average molecular weight is 236 g/mol. The second-order valence-corrected chi connectivity index (χ2v) is 3.02. The van der Waals surface area contributed by atoms with Crippen molar-refractivity contribution < 1.29 is 19.3 Å². The molecule has 0 aliphatic carbocycles. The third-order valence-electron chi connectivity index (χ3n) is 1.65. The van der Waals surface area contributed by atoms with E-state index in [1.54, 1.807) is 0 Å². The topological polar surface area (TPSA) is 72.0 Å². The number of aliphatic hydroxyl groups excluding tert-OH is 1. The Morgan fingerprint density at radius 3 is 1.94 bits per heavy atom. The van der Waals surface area contributed by atoms with Crippen LogP contribution in [-0.2, 0) is 14.2 Å². The van der Waals surface area contributed by atoms with Gasteiger partial charge in [-0.05, 0) is 0 Å². The Morgan fingerprint density at radius 1 is 0.812 bits per heavy atom. The molecule has 0 atom stereocenters. The van der Waals surface area contributed by atoms with Gasteiger partial charge in [-0.15, -0.1) is 0 Å². The molecule has 0 spiro atoms. The van der Waals surface area contributed by atoms with Crippen LogP contribution in [0.2, 0.25) is 0 Å². The molecular formula is C10H24N2O4. The van der Waals surface area contributed by atoms with Crippen LogP contribution in [0, 0.1) is 0 Å². The number of hydrazine groups is 1. The highest BCUT2D eigenvalue weighted by Crippen LogP contribution is 1.80. The molecule has 0 radical (unpaired) electrons. The van der Waals surface area contributed by atoms with Crippen LogP contribution in [0.3, 0.4) is 0 Å². The maximum atomic E-state index is 8.43. The van der Waals surface area contributed by atoms with Crippen LogP contribution in [0.15, 0.2) is 0 Å². The highest BCUT2D eigenvalue weighted by molar-refractivity contribution is 4.38. The Hall–Kier alpha value is -0.240. The SMILES string of the molecule is CCNNCCOCCOCCOCCO. The van der Waals surface area contributed by atoms with Gasteiger partial charge in [-0.3, -0.25) is 10.9 Å². The molecule has 0 rings (SSSR count). The maximum absolute atomic E-state index is 8.43. The third kappa shape index (κ3) is 13.8. The first kappa shape index (κ1) is 15.8. The Bertz CT molecular complexity index is 113. The van der Waals surface area contributed by atoms with Crippen LogP contribution >= 0.6 is 0 Å². The van der Waals surface area contributed by atoms with Crippen LogP contribution in [0.25, 0.3) is 0 Å². The highest BCUT2D eigenvalue weighted by Gasteiger charge is 1.91. The van der Waals surface area contributed by atoms with Crippen molar-refractivity contribution in [3.8, 4) is 0 Å². The fourth-order valence-electron chi connectivity index (χ4n) is 0.943. The lowest BCUT2D eigenvalue weighted by Crippen LogP contribution is -2.34. The number of ether oxygens (including phenoxy) is 3. The van der Waals surface area contributed by atoms with Crippen molar-refractivity contribution in [2.75, 3.05) is 59.3 Å². The van der Waals surface area contributed by atoms with Gasteiger partial charge in [-0.1, -0.05) is 6.92 Å². The molecule has 0 saturated carbocycles. The smallest absolute Gasteiger partial charge is 0.0701 e. The van der Waals surface area contributed by atoms with E-state index in [1.165, 1.54) is 0 Å². The lowest BCUT2D eigenvalue weighted by atomic mass is 10.7. The zero-order chi connectivity index (χ0) is 11.9. The van der Waals surface area contributed by atoms with Crippen molar-refractivity contribution in [1.82, 2.24) is 10.9 Å². The fourth-order valence-corrected chi connectivity index (χ4v) is 0.943. The van der Waals surface area contributed by atoms with E-state index in [4.69, 9.17) is 19.3 Å². The summed E-state index contributed by atoms with van der Waals surface area (Å²) in [5.41, 5.74) is 5.98. The van der Waals surface area contributed by atoms with E-state index in [2.05, 4.69) is 10.9 Å². The van der Waals surface area contributed by atoms with E-state index in [-0.39, 0.29) is 6.61 Å². The molecule has 0 aliphatic rings. The Morgan fingerprint density at radius 2 is 1.38 bits per heavy atom. The van der Waals surface area contributed by atoms with Crippen LogP contribution in [0.5, 0.6) is 0 Å². The summed E-state index contributed by atoms with van der Waals surface area (Å²) in [6.07, 6.45) is 0. The molecule has 0 aromatic heterocycles. The number of rotatable bonds is 13. The fraction of sp³-hybridized carbons (Fsp3) is 1.00. The van der Waals surface area contributed by atoms with E-state index in [9.17, 15) is 0 Å². The Balaban J connectivity index is 2.83. The Labute approximate surface area is 97.2 Å². The average Bonchev–Trinajstić information content (AvgIpc) is 2.31. The minimum Gasteiger partial charge on any atom is -0.394 e. The molecule has 98 valence electrons. The molecule has 0 aromatic rings. The van der Waals surface area contributed by atoms with Gasteiger partial charge >= 0.3 is 0 Å².